The van der Waals surface area contributed by atoms with E-state index in [4.69, 9.17) is 10.2 Å². The summed E-state index contributed by atoms with van der Waals surface area (Å²) in [5.41, 5.74) is 0.960. The second-order valence-electron chi connectivity index (χ2n) is 3.84. The molecule has 1 atom stereocenters. The Morgan fingerprint density at radius 1 is 1.58 bits per heavy atom. The fourth-order valence-corrected chi connectivity index (χ4v) is 2.71. The summed E-state index contributed by atoms with van der Waals surface area (Å²) in [4.78, 5) is 26.0. The number of amides is 1. The highest BCUT2D eigenvalue weighted by Crippen LogP contribution is 2.14. The van der Waals surface area contributed by atoms with Crippen molar-refractivity contribution in [3.63, 3.8) is 0 Å². The van der Waals surface area contributed by atoms with Gasteiger partial charge in [0.05, 0.1) is 16.5 Å². The highest BCUT2D eigenvalue weighted by atomic mass is 32.2. The number of aromatic nitrogens is 1. The van der Waals surface area contributed by atoms with Gasteiger partial charge in [-0.1, -0.05) is 0 Å². The van der Waals surface area contributed by atoms with Crippen molar-refractivity contribution >= 4 is 35.0 Å². The summed E-state index contributed by atoms with van der Waals surface area (Å²) >= 11 is 3.02. The van der Waals surface area contributed by atoms with Crippen molar-refractivity contribution in [2.75, 3.05) is 12.3 Å². The van der Waals surface area contributed by atoms with Crippen molar-refractivity contribution in [3.05, 3.63) is 16.1 Å². The van der Waals surface area contributed by atoms with Gasteiger partial charge in [-0.15, -0.1) is 23.1 Å². The van der Waals surface area contributed by atoms with Gasteiger partial charge in [0.15, 0.2) is 6.10 Å². The lowest BCUT2D eigenvalue weighted by molar-refractivity contribution is -0.147. The minimum Gasteiger partial charge on any atom is -0.479 e. The Morgan fingerprint density at radius 2 is 2.32 bits per heavy atom. The SMILES string of the molecule is Cc1nc(CSCC(=O)NCC[C@H](O)C(=O)O)cs1. The smallest absolute Gasteiger partial charge is 0.332 e. The predicted octanol–water partition coefficient (Wildman–Crippen LogP) is 0.637. The first-order valence-corrected chi connectivity index (χ1v) is 7.69. The van der Waals surface area contributed by atoms with Crippen LogP contribution >= 0.6 is 23.1 Å². The van der Waals surface area contributed by atoms with Gasteiger partial charge in [-0.2, -0.15) is 0 Å². The lowest BCUT2D eigenvalue weighted by Gasteiger charge is -2.06. The van der Waals surface area contributed by atoms with E-state index in [1.807, 2.05) is 12.3 Å². The standard InChI is InChI=1S/C11H16N2O4S2/c1-7-13-8(5-19-7)4-18-6-10(15)12-3-2-9(14)11(16)17/h5,9,14H,2-4,6H2,1H3,(H,12,15)(H,16,17)/t9-/m0/s1. The summed E-state index contributed by atoms with van der Waals surface area (Å²) in [6.07, 6.45) is -1.41. The number of hydrogen-bond donors (Lipinski definition) is 3. The van der Waals surface area contributed by atoms with Crippen LogP contribution in [0.4, 0.5) is 0 Å². The number of aliphatic carboxylic acids is 1. The van der Waals surface area contributed by atoms with Crippen LogP contribution in [0, 0.1) is 6.92 Å². The van der Waals surface area contributed by atoms with Crippen molar-refractivity contribution in [2.45, 2.75) is 25.2 Å². The lowest BCUT2D eigenvalue weighted by Crippen LogP contribution is -2.31. The fourth-order valence-electron chi connectivity index (χ4n) is 1.25. The molecule has 0 aliphatic rings. The number of carboxylic acid groups (broad SMARTS) is 1. The van der Waals surface area contributed by atoms with E-state index in [2.05, 4.69) is 10.3 Å². The van der Waals surface area contributed by atoms with Gasteiger partial charge in [0.1, 0.15) is 0 Å². The number of rotatable bonds is 8. The fraction of sp³-hybridized carbons (Fsp3) is 0.545. The molecule has 0 spiro atoms. The van der Waals surface area contributed by atoms with Crippen LogP contribution in [0.1, 0.15) is 17.1 Å². The quantitative estimate of drug-likeness (QED) is 0.651. The summed E-state index contributed by atoms with van der Waals surface area (Å²) in [6, 6.07) is 0. The molecule has 6 nitrogen and oxygen atoms in total. The molecule has 0 saturated heterocycles. The Labute approximate surface area is 119 Å². The summed E-state index contributed by atoms with van der Waals surface area (Å²) in [7, 11) is 0. The second-order valence-corrected chi connectivity index (χ2v) is 5.89. The zero-order valence-corrected chi connectivity index (χ0v) is 12.1. The Morgan fingerprint density at radius 3 is 2.89 bits per heavy atom. The molecule has 1 aromatic rings. The molecular formula is C11H16N2O4S2. The van der Waals surface area contributed by atoms with E-state index in [1.54, 1.807) is 11.3 Å². The first-order chi connectivity index (χ1) is 8.99. The zero-order valence-electron chi connectivity index (χ0n) is 10.5. The zero-order chi connectivity index (χ0) is 14.3. The van der Waals surface area contributed by atoms with E-state index in [0.717, 1.165) is 10.7 Å². The number of carbonyl (C=O) groups excluding carboxylic acids is 1. The van der Waals surface area contributed by atoms with Gasteiger partial charge < -0.3 is 15.5 Å². The van der Waals surface area contributed by atoms with Crippen molar-refractivity contribution < 1.29 is 19.8 Å². The minimum absolute atomic E-state index is 0.0109. The third-order valence-corrected chi connectivity index (χ3v) is 3.96. The van der Waals surface area contributed by atoms with Gasteiger partial charge >= 0.3 is 5.97 Å². The highest BCUT2D eigenvalue weighted by Gasteiger charge is 2.12. The molecule has 19 heavy (non-hydrogen) atoms. The first kappa shape index (κ1) is 15.9. The maximum atomic E-state index is 11.4. The first-order valence-electron chi connectivity index (χ1n) is 5.65. The summed E-state index contributed by atoms with van der Waals surface area (Å²) < 4.78 is 0. The van der Waals surface area contributed by atoms with Gasteiger partial charge in [-0.05, 0) is 6.92 Å². The van der Waals surface area contributed by atoms with E-state index in [9.17, 15) is 9.59 Å². The molecule has 1 heterocycles. The van der Waals surface area contributed by atoms with Crippen LogP contribution in [0.5, 0.6) is 0 Å². The molecular weight excluding hydrogens is 288 g/mol. The summed E-state index contributed by atoms with van der Waals surface area (Å²) in [5, 5.41) is 23.0. The molecule has 1 aromatic heterocycles. The average molecular weight is 304 g/mol. The van der Waals surface area contributed by atoms with Crippen molar-refractivity contribution in [2.24, 2.45) is 0 Å². The van der Waals surface area contributed by atoms with Crippen LogP contribution in [-0.4, -0.2) is 45.5 Å². The number of aliphatic hydroxyl groups is 1. The van der Waals surface area contributed by atoms with E-state index in [0.29, 0.717) is 11.5 Å². The monoisotopic (exact) mass is 304 g/mol. The van der Waals surface area contributed by atoms with Crippen LogP contribution < -0.4 is 5.32 Å². The number of carbonyl (C=O) groups is 2. The van der Waals surface area contributed by atoms with Crippen LogP contribution in [0.2, 0.25) is 0 Å². The Balaban J connectivity index is 2.10. The maximum Gasteiger partial charge on any atom is 0.332 e. The molecule has 0 fully saturated rings. The van der Waals surface area contributed by atoms with Crippen molar-refractivity contribution in [1.29, 1.82) is 0 Å². The van der Waals surface area contributed by atoms with E-state index in [1.165, 1.54) is 11.8 Å². The van der Waals surface area contributed by atoms with Crippen molar-refractivity contribution in [3.8, 4) is 0 Å². The second kappa shape index (κ2) is 8.13. The molecule has 0 saturated carbocycles. The largest absolute Gasteiger partial charge is 0.479 e. The Bertz CT molecular complexity index is 436. The summed E-state index contributed by atoms with van der Waals surface area (Å²) in [6.45, 7) is 2.09. The molecule has 3 N–H and O–H groups in total. The lowest BCUT2D eigenvalue weighted by atomic mass is 10.2. The number of nitrogens with zero attached hydrogens (tertiary/aromatic N) is 1. The maximum absolute atomic E-state index is 11.4. The molecule has 1 rings (SSSR count). The van der Waals surface area contributed by atoms with Gasteiger partial charge in [-0.25, -0.2) is 9.78 Å². The molecule has 0 aliphatic carbocycles. The molecule has 0 aliphatic heterocycles. The van der Waals surface area contributed by atoms with Crippen LogP contribution in [0.3, 0.4) is 0 Å². The van der Waals surface area contributed by atoms with E-state index in [-0.39, 0.29) is 18.9 Å². The van der Waals surface area contributed by atoms with Gasteiger partial charge in [0.25, 0.3) is 0 Å². The molecule has 8 heteroatoms. The number of thiazole rings is 1. The van der Waals surface area contributed by atoms with Gasteiger partial charge in [0, 0.05) is 24.1 Å². The van der Waals surface area contributed by atoms with Gasteiger partial charge in [-0.3, -0.25) is 4.79 Å². The number of aliphatic hydroxyl groups excluding tert-OH is 1. The molecule has 0 radical (unpaired) electrons. The van der Waals surface area contributed by atoms with Crippen LogP contribution in [-0.2, 0) is 15.3 Å². The topological polar surface area (TPSA) is 99.5 Å². The summed E-state index contributed by atoms with van der Waals surface area (Å²) in [5.74, 6) is -0.480. The molecule has 106 valence electrons. The number of hydrogen-bond acceptors (Lipinski definition) is 6. The molecule has 1 amide bonds. The third kappa shape index (κ3) is 6.55. The van der Waals surface area contributed by atoms with Crippen LogP contribution in [0.15, 0.2) is 5.38 Å². The molecule has 0 unspecified atom stereocenters. The third-order valence-electron chi connectivity index (χ3n) is 2.17. The molecule has 0 bridgehead atoms. The Hall–Kier alpha value is -1.12. The normalized spacial score (nSPS) is 12.1. The number of carboxylic acids is 1. The molecule has 0 aromatic carbocycles. The van der Waals surface area contributed by atoms with Crippen LogP contribution in [0.25, 0.3) is 0 Å². The number of aryl methyl sites for hydroxylation is 1. The van der Waals surface area contributed by atoms with Crippen molar-refractivity contribution in [1.82, 2.24) is 10.3 Å². The Kier molecular flexibility index (Phi) is 6.82. The van der Waals surface area contributed by atoms with Gasteiger partial charge in [0.2, 0.25) is 5.91 Å². The highest BCUT2D eigenvalue weighted by molar-refractivity contribution is 7.99. The number of thioether (sulfide) groups is 1. The van der Waals surface area contributed by atoms with E-state index >= 15 is 0 Å². The van der Waals surface area contributed by atoms with E-state index < -0.39 is 12.1 Å². The number of nitrogens with one attached hydrogen (secondary N) is 1. The average Bonchev–Trinajstić information content (AvgIpc) is 2.74. The predicted molar refractivity (Wildman–Crippen MR) is 74.3 cm³/mol. The minimum atomic E-state index is -1.43.